The molecule has 0 fully saturated rings. The van der Waals surface area contributed by atoms with E-state index < -0.39 is 0 Å². The number of nitrogens with one attached hydrogen (secondary N) is 1. The van der Waals surface area contributed by atoms with Gasteiger partial charge in [0.2, 0.25) is 0 Å². The van der Waals surface area contributed by atoms with Gasteiger partial charge < -0.3 is 0 Å². The summed E-state index contributed by atoms with van der Waals surface area (Å²) < 4.78 is -0.146. The fraction of sp³-hybridized carbons (Fsp3) is 0.250. The van der Waals surface area contributed by atoms with Gasteiger partial charge in [-0.2, -0.15) is 5.10 Å². The minimum Gasteiger partial charge on any atom is -0.285 e. The third-order valence-electron chi connectivity index (χ3n) is 3.14. The summed E-state index contributed by atoms with van der Waals surface area (Å²) in [5.74, 6) is 0. The first kappa shape index (κ1) is 10.4. The molecule has 2 nitrogen and oxygen atoms in total. The van der Waals surface area contributed by atoms with Gasteiger partial charge in [-0.05, 0) is 42.2 Å². The molecule has 1 atom stereocenters. The van der Waals surface area contributed by atoms with Crippen LogP contribution in [-0.4, -0.2) is 10.2 Å². The standard InChI is InChI=1S/C12H10BrClN2/c13-12(11-4-6-15-16-11)5-3-8-7-9(14)1-2-10(8)12/h1-2,4,6-7H,3,5H2,(H,15,16). The first-order valence-electron chi connectivity index (χ1n) is 5.18. The molecule has 1 aromatic heterocycles. The highest BCUT2D eigenvalue weighted by molar-refractivity contribution is 9.09. The van der Waals surface area contributed by atoms with Gasteiger partial charge in [-0.15, -0.1) is 0 Å². The highest BCUT2D eigenvalue weighted by atomic mass is 79.9. The molecule has 0 bridgehead atoms. The summed E-state index contributed by atoms with van der Waals surface area (Å²) in [5, 5.41) is 7.96. The second kappa shape index (κ2) is 3.60. The number of nitrogens with zero attached hydrogens (tertiary/aromatic N) is 1. The average molecular weight is 298 g/mol. The molecular formula is C12H10BrClN2. The fourth-order valence-electron chi connectivity index (χ4n) is 2.34. The Labute approximate surface area is 107 Å². The highest BCUT2D eigenvalue weighted by Crippen LogP contribution is 2.48. The normalized spacial score (nSPS) is 23.4. The van der Waals surface area contributed by atoms with Crippen LogP contribution in [0.15, 0.2) is 30.5 Å². The van der Waals surface area contributed by atoms with Crippen molar-refractivity contribution in [3.8, 4) is 0 Å². The van der Waals surface area contributed by atoms with Gasteiger partial charge in [-0.3, -0.25) is 5.10 Å². The summed E-state index contributed by atoms with van der Waals surface area (Å²) in [6.07, 6.45) is 3.91. The van der Waals surface area contributed by atoms with Gasteiger partial charge in [-0.25, -0.2) is 0 Å². The predicted octanol–water partition coefficient (Wildman–Crippen LogP) is 3.65. The second-order valence-electron chi connectivity index (χ2n) is 4.06. The Balaban J connectivity index is 2.15. The van der Waals surface area contributed by atoms with Crippen LogP contribution in [0.3, 0.4) is 0 Å². The molecule has 16 heavy (non-hydrogen) atoms. The molecule has 1 aliphatic carbocycles. The number of hydrogen-bond acceptors (Lipinski definition) is 1. The summed E-state index contributed by atoms with van der Waals surface area (Å²) in [4.78, 5) is 0. The molecule has 3 rings (SSSR count). The van der Waals surface area contributed by atoms with E-state index in [2.05, 4.69) is 32.2 Å². The van der Waals surface area contributed by atoms with Gasteiger partial charge in [0.1, 0.15) is 0 Å². The molecule has 2 aromatic rings. The van der Waals surface area contributed by atoms with Crippen LogP contribution in [0.5, 0.6) is 0 Å². The van der Waals surface area contributed by atoms with Crippen LogP contribution in [0, 0.1) is 0 Å². The number of aromatic nitrogens is 2. The number of rotatable bonds is 1. The van der Waals surface area contributed by atoms with Gasteiger partial charge in [-0.1, -0.05) is 33.6 Å². The molecule has 1 aliphatic rings. The third-order valence-corrected chi connectivity index (χ3v) is 4.60. The number of halogens is 2. The molecule has 1 N–H and O–H groups in total. The first-order valence-corrected chi connectivity index (χ1v) is 6.35. The molecule has 0 spiro atoms. The molecule has 1 aromatic carbocycles. The zero-order chi connectivity index (χ0) is 11.2. The van der Waals surface area contributed by atoms with Crippen molar-refractivity contribution in [2.75, 3.05) is 0 Å². The van der Waals surface area contributed by atoms with E-state index in [-0.39, 0.29) is 4.32 Å². The SMILES string of the molecule is Clc1ccc2c(c1)CCC2(Br)c1cc[nH]n1. The molecule has 0 saturated carbocycles. The van der Waals surface area contributed by atoms with E-state index in [1.54, 1.807) is 0 Å². The lowest BCUT2D eigenvalue weighted by Crippen LogP contribution is -2.16. The lowest BCUT2D eigenvalue weighted by molar-refractivity contribution is 0.710. The maximum Gasteiger partial charge on any atom is 0.0949 e. The predicted molar refractivity (Wildman–Crippen MR) is 68.1 cm³/mol. The van der Waals surface area contributed by atoms with Crippen LogP contribution >= 0.6 is 27.5 Å². The molecule has 1 heterocycles. The van der Waals surface area contributed by atoms with E-state index in [0.29, 0.717) is 0 Å². The molecule has 0 aliphatic heterocycles. The van der Waals surface area contributed by atoms with Crippen molar-refractivity contribution < 1.29 is 0 Å². The number of benzene rings is 1. The lowest BCUT2D eigenvalue weighted by atomic mass is 9.98. The molecular weight excluding hydrogens is 288 g/mol. The summed E-state index contributed by atoms with van der Waals surface area (Å²) in [6, 6.07) is 8.09. The Morgan fingerprint density at radius 2 is 2.25 bits per heavy atom. The Morgan fingerprint density at radius 1 is 1.38 bits per heavy atom. The summed E-state index contributed by atoms with van der Waals surface area (Å²) in [5.41, 5.74) is 3.63. The monoisotopic (exact) mass is 296 g/mol. The Hall–Kier alpha value is -0.800. The van der Waals surface area contributed by atoms with Crippen LogP contribution in [0.2, 0.25) is 5.02 Å². The van der Waals surface area contributed by atoms with E-state index in [1.165, 1.54) is 11.1 Å². The van der Waals surface area contributed by atoms with Crippen LogP contribution in [0.1, 0.15) is 23.2 Å². The number of alkyl halides is 1. The topological polar surface area (TPSA) is 28.7 Å². The van der Waals surface area contributed by atoms with Gasteiger partial charge in [0.15, 0.2) is 0 Å². The number of aromatic amines is 1. The molecule has 4 heteroatoms. The third kappa shape index (κ3) is 1.42. The molecule has 1 unspecified atom stereocenters. The minimum absolute atomic E-state index is 0.146. The Bertz CT molecular complexity index is 524. The minimum atomic E-state index is -0.146. The van der Waals surface area contributed by atoms with Crippen molar-refractivity contribution in [3.63, 3.8) is 0 Å². The number of H-pyrrole nitrogens is 1. The van der Waals surface area contributed by atoms with Gasteiger partial charge >= 0.3 is 0 Å². The maximum atomic E-state index is 6.00. The summed E-state index contributed by atoms with van der Waals surface area (Å²) in [6.45, 7) is 0. The van der Waals surface area contributed by atoms with Crippen LogP contribution < -0.4 is 0 Å². The van der Waals surface area contributed by atoms with Crippen molar-refractivity contribution in [1.29, 1.82) is 0 Å². The Morgan fingerprint density at radius 3 is 3.00 bits per heavy atom. The maximum absolute atomic E-state index is 6.00. The van der Waals surface area contributed by atoms with Gasteiger partial charge in [0, 0.05) is 11.2 Å². The van der Waals surface area contributed by atoms with Gasteiger partial charge in [0.25, 0.3) is 0 Å². The molecule has 0 radical (unpaired) electrons. The van der Waals surface area contributed by atoms with E-state index in [0.717, 1.165) is 23.6 Å². The Kier molecular flexibility index (Phi) is 2.33. The number of hydrogen-bond donors (Lipinski definition) is 1. The van der Waals surface area contributed by atoms with Crippen molar-refractivity contribution >= 4 is 27.5 Å². The molecule has 0 amide bonds. The molecule has 0 saturated heterocycles. The average Bonchev–Trinajstić information content (AvgIpc) is 2.87. The zero-order valence-electron chi connectivity index (χ0n) is 8.50. The van der Waals surface area contributed by atoms with Crippen molar-refractivity contribution in [3.05, 3.63) is 52.3 Å². The largest absolute Gasteiger partial charge is 0.285 e. The van der Waals surface area contributed by atoms with Crippen LogP contribution in [0.25, 0.3) is 0 Å². The van der Waals surface area contributed by atoms with Crippen LogP contribution in [0.4, 0.5) is 0 Å². The van der Waals surface area contributed by atoms with E-state index >= 15 is 0 Å². The molecule has 82 valence electrons. The van der Waals surface area contributed by atoms with Gasteiger partial charge in [0.05, 0.1) is 10.0 Å². The fourth-order valence-corrected chi connectivity index (χ4v) is 3.34. The van der Waals surface area contributed by atoms with E-state index in [9.17, 15) is 0 Å². The summed E-state index contributed by atoms with van der Waals surface area (Å²) >= 11 is 9.84. The van der Waals surface area contributed by atoms with Crippen molar-refractivity contribution in [1.82, 2.24) is 10.2 Å². The van der Waals surface area contributed by atoms with Crippen molar-refractivity contribution in [2.45, 2.75) is 17.2 Å². The van der Waals surface area contributed by atoms with Crippen LogP contribution in [-0.2, 0) is 10.7 Å². The van der Waals surface area contributed by atoms with Crippen molar-refractivity contribution in [2.24, 2.45) is 0 Å². The number of fused-ring (bicyclic) bond motifs is 1. The quantitative estimate of drug-likeness (QED) is 0.800. The highest BCUT2D eigenvalue weighted by Gasteiger charge is 2.39. The smallest absolute Gasteiger partial charge is 0.0949 e. The number of aryl methyl sites for hydroxylation is 1. The summed E-state index contributed by atoms with van der Waals surface area (Å²) in [7, 11) is 0. The first-order chi connectivity index (χ1) is 7.70. The zero-order valence-corrected chi connectivity index (χ0v) is 10.8. The van der Waals surface area contributed by atoms with E-state index in [4.69, 9.17) is 11.6 Å². The second-order valence-corrected chi connectivity index (χ2v) is 5.85. The van der Waals surface area contributed by atoms with E-state index in [1.807, 2.05) is 24.4 Å². The lowest BCUT2D eigenvalue weighted by Gasteiger charge is -2.20.